The van der Waals surface area contributed by atoms with E-state index in [1.165, 1.54) is 11.8 Å². The van der Waals surface area contributed by atoms with Gasteiger partial charge in [-0.15, -0.1) is 11.3 Å². The molecule has 5 nitrogen and oxygen atoms in total. The van der Waals surface area contributed by atoms with Crippen molar-refractivity contribution >= 4 is 34.6 Å². The first-order valence-corrected chi connectivity index (χ1v) is 7.72. The van der Waals surface area contributed by atoms with Crippen molar-refractivity contribution in [3.8, 4) is 0 Å². The van der Waals surface area contributed by atoms with Gasteiger partial charge < -0.3 is 15.5 Å². The predicted octanol–water partition coefficient (Wildman–Crippen LogP) is 3.36. The van der Waals surface area contributed by atoms with Gasteiger partial charge in [-0.3, -0.25) is 4.79 Å². The number of benzene rings is 1. The van der Waals surface area contributed by atoms with E-state index >= 15 is 0 Å². The standard InChI is InChI=1S/C16H19N3O2S/c1-11-4-9-15(22-11)10-17-16(21)18-13-5-7-14(8-6-13)19(3)12(2)20/h4-9H,10H2,1-3H3,(H2,17,18,21). The highest BCUT2D eigenvalue weighted by Crippen LogP contribution is 2.17. The lowest BCUT2D eigenvalue weighted by Gasteiger charge is -2.15. The molecule has 0 saturated heterocycles. The number of hydrogen-bond donors (Lipinski definition) is 2. The second-order valence-corrected chi connectivity index (χ2v) is 6.32. The van der Waals surface area contributed by atoms with Gasteiger partial charge in [0.15, 0.2) is 0 Å². The van der Waals surface area contributed by atoms with Crippen LogP contribution in [-0.2, 0) is 11.3 Å². The smallest absolute Gasteiger partial charge is 0.319 e. The van der Waals surface area contributed by atoms with E-state index in [0.717, 1.165) is 10.6 Å². The number of hydrogen-bond acceptors (Lipinski definition) is 3. The Morgan fingerprint density at radius 3 is 2.36 bits per heavy atom. The van der Waals surface area contributed by atoms with Crippen LogP contribution in [0, 0.1) is 6.92 Å². The van der Waals surface area contributed by atoms with Crippen LogP contribution in [0.3, 0.4) is 0 Å². The molecule has 0 radical (unpaired) electrons. The second-order valence-electron chi connectivity index (χ2n) is 4.94. The maximum absolute atomic E-state index is 11.8. The van der Waals surface area contributed by atoms with Crippen molar-refractivity contribution in [3.63, 3.8) is 0 Å². The van der Waals surface area contributed by atoms with Crippen molar-refractivity contribution in [2.75, 3.05) is 17.3 Å². The minimum atomic E-state index is -0.251. The maximum atomic E-state index is 11.8. The molecule has 0 aliphatic carbocycles. The Hall–Kier alpha value is -2.34. The molecule has 0 bridgehead atoms. The van der Waals surface area contributed by atoms with Gasteiger partial charge in [-0.2, -0.15) is 0 Å². The molecule has 0 atom stereocenters. The largest absolute Gasteiger partial charge is 0.333 e. The summed E-state index contributed by atoms with van der Waals surface area (Å²) < 4.78 is 0. The van der Waals surface area contributed by atoms with E-state index in [9.17, 15) is 9.59 Å². The fourth-order valence-corrected chi connectivity index (χ4v) is 2.70. The van der Waals surface area contributed by atoms with Crippen molar-refractivity contribution < 1.29 is 9.59 Å². The van der Waals surface area contributed by atoms with Crippen LogP contribution < -0.4 is 15.5 Å². The highest BCUT2D eigenvalue weighted by atomic mass is 32.1. The monoisotopic (exact) mass is 317 g/mol. The van der Waals surface area contributed by atoms with Gasteiger partial charge in [-0.1, -0.05) is 0 Å². The van der Waals surface area contributed by atoms with Gasteiger partial charge in [0.25, 0.3) is 0 Å². The Balaban J connectivity index is 1.87. The number of rotatable bonds is 4. The van der Waals surface area contributed by atoms with E-state index in [-0.39, 0.29) is 11.9 Å². The lowest BCUT2D eigenvalue weighted by molar-refractivity contribution is -0.116. The van der Waals surface area contributed by atoms with Crippen LogP contribution in [0.5, 0.6) is 0 Å². The minimum Gasteiger partial charge on any atom is -0.333 e. The molecule has 1 aromatic carbocycles. The zero-order valence-electron chi connectivity index (χ0n) is 12.8. The minimum absolute atomic E-state index is 0.0373. The summed E-state index contributed by atoms with van der Waals surface area (Å²) in [6.45, 7) is 4.05. The number of nitrogens with one attached hydrogen (secondary N) is 2. The average molecular weight is 317 g/mol. The van der Waals surface area contributed by atoms with Gasteiger partial charge in [-0.25, -0.2) is 4.79 Å². The van der Waals surface area contributed by atoms with E-state index in [2.05, 4.69) is 10.6 Å². The first kappa shape index (κ1) is 16.0. The third-order valence-corrected chi connectivity index (χ3v) is 4.20. The van der Waals surface area contributed by atoms with E-state index in [0.29, 0.717) is 12.2 Å². The number of thiophene rings is 1. The molecule has 0 unspecified atom stereocenters. The summed E-state index contributed by atoms with van der Waals surface area (Å²) in [5.74, 6) is -0.0373. The van der Waals surface area contributed by atoms with Gasteiger partial charge in [0.05, 0.1) is 6.54 Å². The molecule has 0 aliphatic heterocycles. The van der Waals surface area contributed by atoms with Gasteiger partial charge in [0.1, 0.15) is 0 Å². The van der Waals surface area contributed by atoms with E-state index in [1.807, 2.05) is 19.1 Å². The molecular weight excluding hydrogens is 298 g/mol. The molecule has 116 valence electrons. The molecule has 2 aromatic rings. The zero-order chi connectivity index (χ0) is 16.1. The lowest BCUT2D eigenvalue weighted by Crippen LogP contribution is -2.28. The van der Waals surface area contributed by atoms with Crippen molar-refractivity contribution in [2.24, 2.45) is 0 Å². The molecule has 1 aromatic heterocycles. The van der Waals surface area contributed by atoms with Crippen molar-refractivity contribution in [2.45, 2.75) is 20.4 Å². The van der Waals surface area contributed by atoms with Crippen LogP contribution in [0.1, 0.15) is 16.7 Å². The molecule has 0 saturated carbocycles. The summed E-state index contributed by atoms with van der Waals surface area (Å²) in [5, 5.41) is 5.58. The first-order valence-electron chi connectivity index (χ1n) is 6.90. The molecule has 0 aliphatic rings. The quantitative estimate of drug-likeness (QED) is 0.908. The number of aryl methyl sites for hydroxylation is 1. The Bertz CT molecular complexity index is 664. The summed E-state index contributed by atoms with van der Waals surface area (Å²) in [5.41, 5.74) is 1.47. The number of amides is 3. The Morgan fingerprint density at radius 2 is 1.82 bits per heavy atom. The van der Waals surface area contributed by atoms with E-state index in [4.69, 9.17) is 0 Å². The Labute approximate surface area is 134 Å². The van der Waals surface area contributed by atoms with Crippen molar-refractivity contribution in [1.29, 1.82) is 0 Å². The summed E-state index contributed by atoms with van der Waals surface area (Å²) in [6.07, 6.45) is 0. The molecule has 2 rings (SSSR count). The Kier molecular flexibility index (Phi) is 5.16. The van der Waals surface area contributed by atoms with Gasteiger partial charge in [0, 0.05) is 35.1 Å². The average Bonchev–Trinajstić information content (AvgIpc) is 2.91. The summed E-state index contributed by atoms with van der Waals surface area (Å²) in [4.78, 5) is 27.0. The molecule has 22 heavy (non-hydrogen) atoms. The maximum Gasteiger partial charge on any atom is 0.319 e. The van der Waals surface area contributed by atoms with Crippen molar-refractivity contribution in [3.05, 3.63) is 46.2 Å². The lowest BCUT2D eigenvalue weighted by atomic mass is 10.2. The number of anilines is 2. The van der Waals surface area contributed by atoms with Gasteiger partial charge >= 0.3 is 6.03 Å². The highest BCUT2D eigenvalue weighted by molar-refractivity contribution is 7.11. The van der Waals surface area contributed by atoms with Crippen LogP contribution in [0.2, 0.25) is 0 Å². The number of carbonyl (C=O) groups is 2. The molecule has 2 N–H and O–H groups in total. The summed E-state index contributed by atoms with van der Waals surface area (Å²) in [7, 11) is 1.71. The van der Waals surface area contributed by atoms with Gasteiger partial charge in [-0.05, 0) is 43.3 Å². The topological polar surface area (TPSA) is 61.4 Å². The fraction of sp³-hybridized carbons (Fsp3) is 0.250. The number of nitrogens with zero attached hydrogens (tertiary/aromatic N) is 1. The molecule has 0 spiro atoms. The summed E-state index contributed by atoms with van der Waals surface area (Å²) >= 11 is 1.66. The summed E-state index contributed by atoms with van der Waals surface area (Å²) in [6, 6.07) is 10.9. The fourth-order valence-electron chi connectivity index (χ4n) is 1.87. The molecule has 6 heteroatoms. The first-order chi connectivity index (χ1) is 10.5. The molecular formula is C16H19N3O2S. The number of carbonyl (C=O) groups excluding carboxylic acids is 2. The van der Waals surface area contributed by atoms with Crippen LogP contribution in [0.4, 0.5) is 16.2 Å². The third-order valence-electron chi connectivity index (χ3n) is 3.20. The third kappa shape index (κ3) is 4.33. The van der Waals surface area contributed by atoms with E-state index < -0.39 is 0 Å². The van der Waals surface area contributed by atoms with Crippen LogP contribution in [0.25, 0.3) is 0 Å². The second kappa shape index (κ2) is 7.09. The van der Waals surface area contributed by atoms with Crippen LogP contribution >= 0.6 is 11.3 Å². The molecule has 3 amide bonds. The number of urea groups is 1. The highest BCUT2D eigenvalue weighted by Gasteiger charge is 2.06. The Morgan fingerprint density at radius 1 is 1.14 bits per heavy atom. The van der Waals surface area contributed by atoms with Crippen LogP contribution in [0.15, 0.2) is 36.4 Å². The predicted molar refractivity (Wildman–Crippen MR) is 90.4 cm³/mol. The molecule has 0 fully saturated rings. The normalized spacial score (nSPS) is 10.1. The molecule has 1 heterocycles. The zero-order valence-corrected chi connectivity index (χ0v) is 13.7. The van der Waals surface area contributed by atoms with Crippen molar-refractivity contribution in [1.82, 2.24) is 5.32 Å². The van der Waals surface area contributed by atoms with Gasteiger partial charge in [0.2, 0.25) is 5.91 Å². The SMILES string of the molecule is CC(=O)N(C)c1ccc(NC(=O)NCc2ccc(C)s2)cc1. The van der Waals surface area contributed by atoms with Crippen LogP contribution in [-0.4, -0.2) is 19.0 Å². The van der Waals surface area contributed by atoms with E-state index in [1.54, 1.807) is 47.5 Å².